The van der Waals surface area contributed by atoms with Crippen LogP contribution in [0.4, 0.5) is 0 Å². The van der Waals surface area contributed by atoms with E-state index < -0.39 is 0 Å². The summed E-state index contributed by atoms with van der Waals surface area (Å²) in [6, 6.07) is 17.8. The zero-order valence-electron chi connectivity index (χ0n) is 16.6. The molecule has 0 spiro atoms. The molecule has 0 atom stereocenters. The third-order valence-corrected chi connectivity index (χ3v) is 4.54. The van der Waals surface area contributed by atoms with Gasteiger partial charge in [-0.25, -0.2) is 4.68 Å². The summed E-state index contributed by atoms with van der Waals surface area (Å²) in [5.74, 6) is 0.897. The number of para-hydroxylation sites is 2. The highest BCUT2D eigenvalue weighted by atomic mass is 16.5. The molecule has 1 heterocycles. The Balaban J connectivity index is 1.55. The molecular weight excluding hydrogens is 352 g/mol. The van der Waals surface area contributed by atoms with Gasteiger partial charge in [-0.1, -0.05) is 36.4 Å². The smallest absolute Gasteiger partial charge is 0.236 e. The Morgan fingerprint density at radius 3 is 2.50 bits per heavy atom. The van der Waals surface area contributed by atoms with Crippen molar-refractivity contribution in [1.82, 2.24) is 19.6 Å². The molecule has 0 aliphatic carbocycles. The summed E-state index contributed by atoms with van der Waals surface area (Å²) in [6.07, 6.45) is 3.76. The molecule has 6 heteroatoms. The van der Waals surface area contributed by atoms with Crippen molar-refractivity contribution in [3.8, 4) is 11.4 Å². The summed E-state index contributed by atoms with van der Waals surface area (Å²) < 4.78 is 7.21. The molecule has 0 radical (unpaired) electrons. The van der Waals surface area contributed by atoms with E-state index in [4.69, 9.17) is 4.74 Å². The van der Waals surface area contributed by atoms with Gasteiger partial charge in [0.25, 0.3) is 0 Å². The van der Waals surface area contributed by atoms with Crippen LogP contribution in [-0.2, 0) is 17.9 Å². The number of benzene rings is 2. The van der Waals surface area contributed by atoms with Gasteiger partial charge in [0.2, 0.25) is 5.91 Å². The molecule has 0 saturated heterocycles. The lowest BCUT2D eigenvalue weighted by molar-refractivity contribution is -0.131. The number of amides is 1. The van der Waals surface area contributed by atoms with Gasteiger partial charge in [-0.15, -0.1) is 0 Å². The zero-order valence-corrected chi connectivity index (χ0v) is 16.6. The highest BCUT2D eigenvalue weighted by Crippen LogP contribution is 2.18. The predicted molar refractivity (Wildman–Crippen MR) is 109 cm³/mol. The normalized spacial score (nSPS) is 10.9. The molecule has 0 saturated carbocycles. The number of hydrogen-bond donors (Lipinski definition) is 0. The number of carbonyl (C=O) groups excluding carboxylic acids is 1. The third-order valence-electron chi connectivity index (χ3n) is 4.54. The van der Waals surface area contributed by atoms with E-state index in [-0.39, 0.29) is 5.91 Å². The van der Waals surface area contributed by atoms with E-state index in [2.05, 4.69) is 5.10 Å². The third kappa shape index (κ3) is 4.98. The molecule has 0 N–H and O–H groups in total. The van der Waals surface area contributed by atoms with Crippen LogP contribution in [-0.4, -0.2) is 53.2 Å². The largest absolute Gasteiger partial charge is 0.496 e. The van der Waals surface area contributed by atoms with E-state index in [0.29, 0.717) is 19.6 Å². The van der Waals surface area contributed by atoms with E-state index >= 15 is 0 Å². The summed E-state index contributed by atoms with van der Waals surface area (Å²) in [5, 5.41) is 4.39. The summed E-state index contributed by atoms with van der Waals surface area (Å²) in [4.78, 5) is 16.3. The van der Waals surface area contributed by atoms with Gasteiger partial charge in [-0.05, 0) is 25.2 Å². The Kier molecular flexibility index (Phi) is 6.45. The Labute approximate surface area is 166 Å². The SMILES string of the molecule is COc1ccccc1CN(C)CC(=O)N(C)Cc1cnn(-c2ccccc2)c1. The molecule has 6 nitrogen and oxygen atoms in total. The van der Waals surface area contributed by atoms with Gasteiger partial charge in [0.15, 0.2) is 0 Å². The molecule has 0 aliphatic heterocycles. The van der Waals surface area contributed by atoms with Crippen molar-refractivity contribution in [3.63, 3.8) is 0 Å². The Morgan fingerprint density at radius 1 is 1.04 bits per heavy atom. The summed E-state index contributed by atoms with van der Waals surface area (Å²) >= 11 is 0. The number of likely N-dealkylation sites (N-methyl/N-ethyl adjacent to an activating group) is 2. The molecule has 0 fully saturated rings. The first-order chi connectivity index (χ1) is 13.6. The highest BCUT2D eigenvalue weighted by Gasteiger charge is 2.14. The minimum atomic E-state index is 0.0601. The summed E-state index contributed by atoms with van der Waals surface area (Å²) in [7, 11) is 5.41. The van der Waals surface area contributed by atoms with Crippen LogP contribution >= 0.6 is 0 Å². The van der Waals surface area contributed by atoms with Crippen LogP contribution in [0.15, 0.2) is 67.0 Å². The van der Waals surface area contributed by atoms with Gasteiger partial charge in [0, 0.05) is 37.5 Å². The van der Waals surface area contributed by atoms with E-state index in [9.17, 15) is 4.79 Å². The molecule has 0 aliphatic rings. The first kappa shape index (κ1) is 19.6. The monoisotopic (exact) mass is 378 g/mol. The maximum Gasteiger partial charge on any atom is 0.236 e. The van der Waals surface area contributed by atoms with Crippen LogP contribution in [0, 0.1) is 0 Å². The molecule has 2 aromatic carbocycles. The van der Waals surface area contributed by atoms with Crippen LogP contribution < -0.4 is 4.74 Å². The topological polar surface area (TPSA) is 50.6 Å². The van der Waals surface area contributed by atoms with Crippen LogP contribution in [0.3, 0.4) is 0 Å². The minimum absolute atomic E-state index is 0.0601. The molecule has 1 amide bonds. The van der Waals surface area contributed by atoms with E-state index in [0.717, 1.165) is 22.6 Å². The molecule has 146 valence electrons. The van der Waals surface area contributed by atoms with Crippen molar-refractivity contribution >= 4 is 5.91 Å². The maximum absolute atomic E-state index is 12.6. The summed E-state index contributed by atoms with van der Waals surface area (Å²) in [5.41, 5.74) is 3.05. The van der Waals surface area contributed by atoms with Crippen molar-refractivity contribution in [3.05, 3.63) is 78.1 Å². The number of methoxy groups -OCH3 is 1. The number of carbonyl (C=O) groups is 1. The average molecular weight is 378 g/mol. The van der Waals surface area contributed by atoms with Crippen LogP contribution in [0.1, 0.15) is 11.1 Å². The molecule has 0 bridgehead atoms. The van der Waals surface area contributed by atoms with Gasteiger partial charge in [0.05, 0.1) is 25.5 Å². The number of rotatable bonds is 8. The van der Waals surface area contributed by atoms with Crippen LogP contribution in [0.25, 0.3) is 5.69 Å². The molecule has 3 aromatic rings. The van der Waals surface area contributed by atoms with Gasteiger partial charge in [-0.2, -0.15) is 5.10 Å². The van der Waals surface area contributed by atoms with Crippen molar-refractivity contribution < 1.29 is 9.53 Å². The number of hydrogen-bond acceptors (Lipinski definition) is 4. The Morgan fingerprint density at radius 2 is 1.75 bits per heavy atom. The molecule has 3 rings (SSSR count). The quantitative estimate of drug-likeness (QED) is 0.605. The van der Waals surface area contributed by atoms with Gasteiger partial charge in [-0.3, -0.25) is 9.69 Å². The average Bonchev–Trinajstić information content (AvgIpc) is 3.17. The van der Waals surface area contributed by atoms with E-state index in [1.165, 1.54) is 0 Å². The second-order valence-corrected chi connectivity index (χ2v) is 6.86. The van der Waals surface area contributed by atoms with E-state index in [1.807, 2.05) is 84.5 Å². The van der Waals surface area contributed by atoms with E-state index in [1.54, 1.807) is 18.2 Å². The number of nitrogens with zero attached hydrogens (tertiary/aromatic N) is 4. The highest BCUT2D eigenvalue weighted by molar-refractivity contribution is 5.77. The summed E-state index contributed by atoms with van der Waals surface area (Å²) in [6.45, 7) is 1.51. The number of ether oxygens (including phenoxy) is 1. The fourth-order valence-corrected chi connectivity index (χ4v) is 3.06. The van der Waals surface area contributed by atoms with Crippen LogP contribution in [0.5, 0.6) is 5.75 Å². The van der Waals surface area contributed by atoms with Gasteiger partial charge >= 0.3 is 0 Å². The fraction of sp³-hybridized carbons (Fsp3) is 0.273. The molecule has 0 unspecified atom stereocenters. The Bertz CT molecular complexity index is 908. The Hall–Kier alpha value is -3.12. The first-order valence-electron chi connectivity index (χ1n) is 9.20. The molecule has 1 aromatic heterocycles. The van der Waals surface area contributed by atoms with Gasteiger partial charge in [0.1, 0.15) is 5.75 Å². The lowest BCUT2D eigenvalue weighted by Gasteiger charge is -2.22. The lowest BCUT2D eigenvalue weighted by atomic mass is 10.2. The van der Waals surface area contributed by atoms with Crippen molar-refractivity contribution in [2.24, 2.45) is 0 Å². The van der Waals surface area contributed by atoms with Crippen molar-refractivity contribution in [2.45, 2.75) is 13.1 Å². The maximum atomic E-state index is 12.6. The van der Waals surface area contributed by atoms with Crippen LogP contribution in [0.2, 0.25) is 0 Å². The van der Waals surface area contributed by atoms with Gasteiger partial charge < -0.3 is 9.64 Å². The predicted octanol–water partition coefficient (Wildman–Crippen LogP) is 2.97. The number of aromatic nitrogens is 2. The molecule has 28 heavy (non-hydrogen) atoms. The van der Waals surface area contributed by atoms with Crippen molar-refractivity contribution in [2.75, 3.05) is 27.7 Å². The fourth-order valence-electron chi connectivity index (χ4n) is 3.06. The molecular formula is C22H26N4O2. The first-order valence-corrected chi connectivity index (χ1v) is 9.20. The zero-order chi connectivity index (χ0) is 19.9. The lowest BCUT2D eigenvalue weighted by Crippen LogP contribution is -2.36. The second kappa shape index (κ2) is 9.19. The standard InChI is InChI=1S/C22H26N4O2/c1-24(16-19-9-7-8-12-21(19)28-3)17-22(27)25(2)14-18-13-23-26(15-18)20-10-5-4-6-11-20/h4-13,15H,14,16-17H2,1-3H3. The van der Waals surface area contributed by atoms with Crippen molar-refractivity contribution in [1.29, 1.82) is 0 Å². The second-order valence-electron chi connectivity index (χ2n) is 6.86. The minimum Gasteiger partial charge on any atom is -0.496 e.